The summed E-state index contributed by atoms with van der Waals surface area (Å²) in [6.07, 6.45) is -0.456. The van der Waals surface area contributed by atoms with E-state index >= 15 is 0 Å². The first-order valence-corrected chi connectivity index (χ1v) is 8.53. The Balaban J connectivity index is 2.07. The van der Waals surface area contributed by atoms with Crippen LogP contribution in [0, 0.1) is 0 Å². The zero-order chi connectivity index (χ0) is 17.0. The molecule has 1 fully saturated rings. The van der Waals surface area contributed by atoms with Crippen LogP contribution in [0.15, 0.2) is 29.2 Å². The standard InChI is InChI=1S/C14H18N2O6S/c1-2-22-14(19)15-7-9-16(10-8-15)23(20,21)12-5-3-11(4-6-12)13(17)18/h3-6H,2,7-10H2,1H3,(H,17,18)/p-1. The van der Waals surface area contributed by atoms with E-state index in [-0.39, 0.29) is 43.2 Å². The molecule has 1 saturated heterocycles. The highest BCUT2D eigenvalue weighted by Crippen LogP contribution is 2.18. The number of ether oxygens (including phenoxy) is 1. The zero-order valence-corrected chi connectivity index (χ0v) is 13.4. The molecule has 23 heavy (non-hydrogen) atoms. The van der Waals surface area contributed by atoms with Crippen molar-refractivity contribution in [3.8, 4) is 0 Å². The van der Waals surface area contributed by atoms with Gasteiger partial charge in [0.25, 0.3) is 0 Å². The monoisotopic (exact) mass is 341 g/mol. The van der Waals surface area contributed by atoms with E-state index in [9.17, 15) is 23.1 Å². The molecule has 1 aliphatic heterocycles. The van der Waals surface area contributed by atoms with Gasteiger partial charge in [-0.25, -0.2) is 13.2 Å². The number of rotatable bonds is 4. The molecule has 0 saturated carbocycles. The lowest BCUT2D eigenvalue weighted by Gasteiger charge is -2.33. The number of aromatic carboxylic acids is 1. The summed E-state index contributed by atoms with van der Waals surface area (Å²) < 4.78 is 31.1. The largest absolute Gasteiger partial charge is 0.545 e. The van der Waals surface area contributed by atoms with Crippen molar-refractivity contribution in [1.82, 2.24) is 9.21 Å². The minimum absolute atomic E-state index is 0.00656. The fourth-order valence-electron chi connectivity index (χ4n) is 2.24. The summed E-state index contributed by atoms with van der Waals surface area (Å²) >= 11 is 0. The van der Waals surface area contributed by atoms with Gasteiger partial charge in [-0.3, -0.25) is 0 Å². The Labute approximate surface area is 134 Å². The summed E-state index contributed by atoms with van der Waals surface area (Å²) in [6.45, 7) is 2.77. The highest BCUT2D eigenvalue weighted by molar-refractivity contribution is 7.89. The fourth-order valence-corrected chi connectivity index (χ4v) is 3.66. The van der Waals surface area contributed by atoms with Crippen LogP contribution < -0.4 is 5.11 Å². The van der Waals surface area contributed by atoms with E-state index in [0.717, 1.165) is 0 Å². The fraction of sp³-hybridized carbons (Fsp3) is 0.429. The average Bonchev–Trinajstić information content (AvgIpc) is 2.55. The Morgan fingerprint density at radius 1 is 1.13 bits per heavy atom. The zero-order valence-electron chi connectivity index (χ0n) is 12.6. The van der Waals surface area contributed by atoms with E-state index in [2.05, 4.69) is 0 Å². The average molecular weight is 341 g/mol. The molecule has 0 bridgehead atoms. The van der Waals surface area contributed by atoms with Crippen LogP contribution in [0.2, 0.25) is 0 Å². The third-order valence-corrected chi connectivity index (χ3v) is 5.41. The summed E-state index contributed by atoms with van der Waals surface area (Å²) in [7, 11) is -3.72. The lowest BCUT2D eigenvalue weighted by atomic mass is 10.2. The molecule has 0 aliphatic carbocycles. The van der Waals surface area contributed by atoms with Crippen molar-refractivity contribution >= 4 is 22.1 Å². The van der Waals surface area contributed by atoms with Crippen LogP contribution in [-0.2, 0) is 14.8 Å². The third-order valence-electron chi connectivity index (χ3n) is 3.49. The summed E-state index contributed by atoms with van der Waals surface area (Å²) in [5.41, 5.74) is -0.0870. The molecule has 0 aromatic heterocycles. The predicted molar refractivity (Wildman–Crippen MR) is 78.1 cm³/mol. The lowest BCUT2D eigenvalue weighted by molar-refractivity contribution is -0.255. The molecule has 2 rings (SSSR count). The smallest absolute Gasteiger partial charge is 0.409 e. The number of amides is 1. The van der Waals surface area contributed by atoms with Gasteiger partial charge >= 0.3 is 6.09 Å². The molecule has 9 heteroatoms. The second-order valence-electron chi connectivity index (χ2n) is 4.90. The van der Waals surface area contributed by atoms with Gasteiger partial charge in [0.05, 0.1) is 17.5 Å². The van der Waals surface area contributed by atoms with Crippen molar-refractivity contribution in [2.75, 3.05) is 32.8 Å². The third kappa shape index (κ3) is 3.80. The van der Waals surface area contributed by atoms with E-state index < -0.39 is 22.1 Å². The second-order valence-corrected chi connectivity index (χ2v) is 6.84. The van der Waals surface area contributed by atoms with Crippen molar-refractivity contribution in [2.45, 2.75) is 11.8 Å². The van der Waals surface area contributed by atoms with Gasteiger partial charge in [0, 0.05) is 26.2 Å². The van der Waals surface area contributed by atoms with E-state index in [1.165, 1.54) is 33.5 Å². The Kier molecular flexibility index (Phi) is 5.22. The quantitative estimate of drug-likeness (QED) is 0.731. The molecule has 126 valence electrons. The second kappa shape index (κ2) is 6.97. The molecule has 0 spiro atoms. The number of carbonyl (C=O) groups excluding carboxylic acids is 2. The van der Waals surface area contributed by atoms with Crippen LogP contribution in [0.1, 0.15) is 17.3 Å². The molecule has 1 aromatic rings. The van der Waals surface area contributed by atoms with Crippen LogP contribution in [0.3, 0.4) is 0 Å². The number of nitrogens with zero attached hydrogens (tertiary/aromatic N) is 2. The summed E-state index contributed by atoms with van der Waals surface area (Å²) in [5, 5.41) is 10.7. The summed E-state index contributed by atoms with van der Waals surface area (Å²) in [6, 6.07) is 4.85. The van der Waals surface area contributed by atoms with E-state index in [1.54, 1.807) is 6.92 Å². The molecule has 1 heterocycles. The van der Waals surface area contributed by atoms with Crippen molar-refractivity contribution < 1.29 is 27.9 Å². The maximum absolute atomic E-state index is 12.5. The number of piperazine rings is 1. The minimum atomic E-state index is -3.72. The van der Waals surface area contributed by atoms with Gasteiger partial charge in [-0.2, -0.15) is 4.31 Å². The number of benzene rings is 1. The van der Waals surface area contributed by atoms with Gasteiger partial charge in [0.1, 0.15) is 0 Å². The van der Waals surface area contributed by atoms with Crippen molar-refractivity contribution in [2.24, 2.45) is 0 Å². The number of hydrogen-bond acceptors (Lipinski definition) is 6. The highest BCUT2D eigenvalue weighted by atomic mass is 32.2. The van der Waals surface area contributed by atoms with Gasteiger partial charge < -0.3 is 19.5 Å². The van der Waals surface area contributed by atoms with E-state index in [0.29, 0.717) is 0 Å². The number of hydrogen-bond donors (Lipinski definition) is 0. The van der Waals surface area contributed by atoms with Crippen molar-refractivity contribution in [3.63, 3.8) is 0 Å². The van der Waals surface area contributed by atoms with Gasteiger partial charge in [0.2, 0.25) is 10.0 Å². The molecule has 1 amide bonds. The van der Waals surface area contributed by atoms with Crippen LogP contribution in [0.25, 0.3) is 0 Å². The molecule has 0 N–H and O–H groups in total. The summed E-state index contributed by atoms with van der Waals surface area (Å²) in [5.74, 6) is -1.36. The number of sulfonamides is 1. The SMILES string of the molecule is CCOC(=O)N1CCN(S(=O)(=O)c2ccc(C(=O)[O-])cc2)CC1. The van der Waals surface area contributed by atoms with Gasteiger partial charge in [-0.1, -0.05) is 12.1 Å². The summed E-state index contributed by atoms with van der Waals surface area (Å²) in [4.78, 5) is 23.8. The maximum atomic E-state index is 12.5. The van der Waals surface area contributed by atoms with Crippen LogP contribution >= 0.6 is 0 Å². The van der Waals surface area contributed by atoms with Gasteiger partial charge in [-0.15, -0.1) is 0 Å². The minimum Gasteiger partial charge on any atom is -0.545 e. The molecule has 1 aromatic carbocycles. The Bertz CT molecular complexity index is 678. The molecule has 0 radical (unpaired) electrons. The maximum Gasteiger partial charge on any atom is 0.409 e. The van der Waals surface area contributed by atoms with E-state index in [4.69, 9.17) is 4.74 Å². The molecular weight excluding hydrogens is 324 g/mol. The first-order valence-electron chi connectivity index (χ1n) is 7.09. The van der Waals surface area contributed by atoms with Gasteiger partial charge in [-0.05, 0) is 24.6 Å². The molecule has 0 unspecified atom stereocenters. The lowest BCUT2D eigenvalue weighted by Crippen LogP contribution is -2.50. The Morgan fingerprint density at radius 2 is 1.70 bits per heavy atom. The van der Waals surface area contributed by atoms with Crippen LogP contribution in [0.4, 0.5) is 4.79 Å². The van der Waals surface area contributed by atoms with E-state index in [1.807, 2.05) is 0 Å². The molecular formula is C14H17N2O6S-. The normalized spacial score (nSPS) is 16.1. The Morgan fingerprint density at radius 3 is 2.17 bits per heavy atom. The van der Waals surface area contributed by atoms with Gasteiger partial charge in [0.15, 0.2) is 0 Å². The molecule has 0 atom stereocenters. The van der Waals surface area contributed by atoms with Crippen molar-refractivity contribution in [1.29, 1.82) is 0 Å². The Hall–Kier alpha value is -2.13. The number of carboxylic acid groups (broad SMARTS) is 1. The van der Waals surface area contributed by atoms with Crippen molar-refractivity contribution in [3.05, 3.63) is 29.8 Å². The topological polar surface area (TPSA) is 107 Å². The number of carboxylic acids is 1. The molecule has 1 aliphatic rings. The van der Waals surface area contributed by atoms with Crippen LogP contribution in [-0.4, -0.2) is 62.5 Å². The predicted octanol–water partition coefficient (Wildman–Crippen LogP) is -0.487. The highest BCUT2D eigenvalue weighted by Gasteiger charge is 2.30. The first-order chi connectivity index (χ1) is 10.9. The van der Waals surface area contributed by atoms with Crippen LogP contribution in [0.5, 0.6) is 0 Å². The number of carbonyl (C=O) groups is 2. The molecule has 8 nitrogen and oxygen atoms in total. The first kappa shape index (κ1) is 17.2.